The molecule has 0 saturated carbocycles. The third kappa shape index (κ3) is 3.96. The van der Waals surface area contributed by atoms with Gasteiger partial charge in [0.25, 0.3) is 0 Å². The Labute approximate surface area is 123 Å². The second kappa shape index (κ2) is 6.74. The number of carbonyl (C=O) groups is 2. The van der Waals surface area contributed by atoms with Gasteiger partial charge in [0.15, 0.2) is 0 Å². The van der Waals surface area contributed by atoms with Gasteiger partial charge in [-0.1, -0.05) is 6.07 Å². The molecular formula is C14H21N3O2S. The molecule has 2 atom stereocenters. The first kappa shape index (κ1) is 14.8. The Kier molecular flexibility index (Phi) is 5.00. The van der Waals surface area contributed by atoms with Gasteiger partial charge in [0.2, 0.25) is 5.91 Å². The number of nitrogens with two attached hydrogens (primary N) is 1. The van der Waals surface area contributed by atoms with Crippen LogP contribution in [0.3, 0.4) is 0 Å². The van der Waals surface area contributed by atoms with Crippen LogP contribution in [0.5, 0.6) is 0 Å². The number of amides is 3. The molecule has 0 radical (unpaired) electrons. The monoisotopic (exact) mass is 295 g/mol. The summed E-state index contributed by atoms with van der Waals surface area (Å²) in [4.78, 5) is 26.2. The number of hydrogen-bond donors (Lipinski definition) is 2. The minimum absolute atomic E-state index is 0.0278. The van der Waals surface area contributed by atoms with E-state index in [2.05, 4.69) is 11.4 Å². The number of urea groups is 1. The normalized spacial score (nSPS) is 20.4. The Balaban J connectivity index is 1.83. The fourth-order valence-corrected chi connectivity index (χ4v) is 3.37. The molecule has 2 unspecified atom stereocenters. The summed E-state index contributed by atoms with van der Waals surface area (Å²) in [6.07, 6.45) is 2.50. The molecule has 0 spiro atoms. The molecule has 1 fully saturated rings. The summed E-state index contributed by atoms with van der Waals surface area (Å²) >= 11 is 1.70. The SMILES string of the molecule is CC(Cc1cccs1)NC(=O)C1CCCN(C(N)=O)C1. The molecule has 20 heavy (non-hydrogen) atoms. The number of rotatable bonds is 4. The van der Waals surface area contributed by atoms with Crippen molar-refractivity contribution >= 4 is 23.3 Å². The molecular weight excluding hydrogens is 274 g/mol. The maximum absolute atomic E-state index is 12.2. The quantitative estimate of drug-likeness (QED) is 0.885. The van der Waals surface area contributed by atoms with E-state index in [-0.39, 0.29) is 17.9 Å². The van der Waals surface area contributed by atoms with Crippen LogP contribution in [0.4, 0.5) is 4.79 Å². The highest BCUT2D eigenvalue weighted by molar-refractivity contribution is 7.09. The van der Waals surface area contributed by atoms with Crippen LogP contribution < -0.4 is 11.1 Å². The predicted molar refractivity (Wildman–Crippen MR) is 79.5 cm³/mol. The van der Waals surface area contributed by atoms with Crippen LogP contribution in [0.25, 0.3) is 0 Å². The number of thiophene rings is 1. The van der Waals surface area contributed by atoms with E-state index in [0.29, 0.717) is 13.1 Å². The summed E-state index contributed by atoms with van der Waals surface area (Å²) in [7, 11) is 0. The number of nitrogens with zero attached hydrogens (tertiary/aromatic N) is 1. The van der Waals surface area contributed by atoms with Gasteiger partial charge < -0.3 is 16.0 Å². The van der Waals surface area contributed by atoms with Gasteiger partial charge in [0.1, 0.15) is 0 Å². The number of primary amides is 1. The van der Waals surface area contributed by atoms with Crippen LogP contribution in [0.15, 0.2) is 17.5 Å². The molecule has 1 aromatic heterocycles. The van der Waals surface area contributed by atoms with Gasteiger partial charge in [-0.25, -0.2) is 4.79 Å². The van der Waals surface area contributed by atoms with E-state index in [4.69, 9.17) is 5.73 Å². The molecule has 3 amide bonds. The van der Waals surface area contributed by atoms with Gasteiger partial charge in [0, 0.05) is 30.4 Å². The predicted octanol–water partition coefficient (Wildman–Crippen LogP) is 1.59. The highest BCUT2D eigenvalue weighted by Crippen LogP contribution is 2.17. The van der Waals surface area contributed by atoms with Crippen molar-refractivity contribution in [2.24, 2.45) is 11.7 Å². The number of piperidine rings is 1. The summed E-state index contributed by atoms with van der Waals surface area (Å²) in [5.74, 6) is -0.109. The van der Waals surface area contributed by atoms with Gasteiger partial charge in [0.05, 0.1) is 5.92 Å². The first-order valence-corrected chi connectivity index (χ1v) is 7.81. The van der Waals surface area contributed by atoms with Crippen molar-refractivity contribution in [2.75, 3.05) is 13.1 Å². The fraction of sp³-hybridized carbons (Fsp3) is 0.571. The first-order chi connectivity index (χ1) is 9.56. The summed E-state index contributed by atoms with van der Waals surface area (Å²) in [5, 5.41) is 5.07. The second-order valence-electron chi connectivity index (χ2n) is 5.32. The number of hydrogen-bond acceptors (Lipinski definition) is 3. The van der Waals surface area contributed by atoms with Crippen molar-refractivity contribution in [1.82, 2.24) is 10.2 Å². The average molecular weight is 295 g/mol. The molecule has 0 aliphatic carbocycles. The van der Waals surface area contributed by atoms with Gasteiger partial charge >= 0.3 is 6.03 Å². The highest BCUT2D eigenvalue weighted by Gasteiger charge is 2.27. The Hall–Kier alpha value is -1.56. The van der Waals surface area contributed by atoms with Crippen LogP contribution in [0, 0.1) is 5.92 Å². The summed E-state index contributed by atoms with van der Waals surface area (Å²) in [6.45, 7) is 3.10. The zero-order chi connectivity index (χ0) is 14.5. The Morgan fingerprint density at radius 1 is 1.60 bits per heavy atom. The summed E-state index contributed by atoms with van der Waals surface area (Å²) in [6, 6.07) is 3.75. The average Bonchev–Trinajstić information content (AvgIpc) is 2.91. The lowest BCUT2D eigenvalue weighted by atomic mass is 9.97. The molecule has 1 aromatic rings. The van der Waals surface area contributed by atoms with Gasteiger partial charge in [-0.15, -0.1) is 11.3 Å². The molecule has 1 aliphatic heterocycles. The lowest BCUT2D eigenvalue weighted by Gasteiger charge is -2.31. The van der Waals surface area contributed by atoms with Crippen molar-refractivity contribution in [3.8, 4) is 0 Å². The Bertz CT molecular complexity index is 461. The third-order valence-electron chi connectivity index (χ3n) is 3.58. The highest BCUT2D eigenvalue weighted by atomic mass is 32.1. The standard InChI is InChI=1S/C14H21N3O2S/c1-10(8-12-5-3-7-20-12)16-13(18)11-4-2-6-17(9-11)14(15)19/h3,5,7,10-11H,2,4,6,8-9H2,1H3,(H2,15,19)(H,16,18). The number of likely N-dealkylation sites (tertiary alicyclic amines) is 1. The maximum Gasteiger partial charge on any atom is 0.314 e. The zero-order valence-corrected chi connectivity index (χ0v) is 12.5. The molecule has 0 bridgehead atoms. The van der Waals surface area contributed by atoms with Gasteiger partial charge in [-0.2, -0.15) is 0 Å². The van der Waals surface area contributed by atoms with Crippen LogP contribution >= 0.6 is 11.3 Å². The van der Waals surface area contributed by atoms with Crippen molar-refractivity contribution in [1.29, 1.82) is 0 Å². The molecule has 3 N–H and O–H groups in total. The smallest absolute Gasteiger partial charge is 0.314 e. The zero-order valence-electron chi connectivity index (χ0n) is 11.7. The van der Waals surface area contributed by atoms with Crippen LogP contribution in [0.2, 0.25) is 0 Å². The second-order valence-corrected chi connectivity index (χ2v) is 6.35. The van der Waals surface area contributed by atoms with Gasteiger partial charge in [-0.05, 0) is 31.2 Å². The van der Waals surface area contributed by atoms with Crippen molar-refractivity contribution in [2.45, 2.75) is 32.2 Å². The summed E-state index contributed by atoms with van der Waals surface area (Å²) in [5.41, 5.74) is 5.28. The molecule has 1 saturated heterocycles. The van der Waals surface area contributed by atoms with E-state index < -0.39 is 6.03 Å². The van der Waals surface area contributed by atoms with E-state index in [9.17, 15) is 9.59 Å². The Morgan fingerprint density at radius 3 is 3.05 bits per heavy atom. The third-order valence-corrected chi connectivity index (χ3v) is 4.48. The molecule has 2 rings (SSSR count). The lowest BCUT2D eigenvalue weighted by molar-refractivity contribution is -0.126. The van der Waals surface area contributed by atoms with E-state index in [1.165, 1.54) is 4.88 Å². The topological polar surface area (TPSA) is 75.4 Å². The molecule has 5 nitrogen and oxygen atoms in total. The lowest BCUT2D eigenvalue weighted by Crippen LogP contribution is -2.48. The van der Waals surface area contributed by atoms with E-state index in [0.717, 1.165) is 19.3 Å². The van der Waals surface area contributed by atoms with Crippen LogP contribution in [-0.2, 0) is 11.2 Å². The molecule has 0 aromatic carbocycles. The number of carbonyl (C=O) groups excluding carboxylic acids is 2. The van der Waals surface area contributed by atoms with E-state index >= 15 is 0 Å². The minimum Gasteiger partial charge on any atom is -0.353 e. The van der Waals surface area contributed by atoms with Crippen molar-refractivity contribution in [3.05, 3.63) is 22.4 Å². The van der Waals surface area contributed by atoms with E-state index in [1.807, 2.05) is 18.4 Å². The molecule has 2 heterocycles. The first-order valence-electron chi connectivity index (χ1n) is 6.93. The van der Waals surface area contributed by atoms with Crippen molar-refractivity contribution in [3.63, 3.8) is 0 Å². The van der Waals surface area contributed by atoms with Crippen molar-refractivity contribution < 1.29 is 9.59 Å². The largest absolute Gasteiger partial charge is 0.353 e. The van der Waals surface area contributed by atoms with E-state index in [1.54, 1.807) is 16.2 Å². The molecule has 1 aliphatic rings. The molecule has 110 valence electrons. The number of nitrogens with one attached hydrogen (secondary N) is 1. The van der Waals surface area contributed by atoms with Crippen LogP contribution in [0.1, 0.15) is 24.6 Å². The van der Waals surface area contributed by atoms with Gasteiger partial charge in [-0.3, -0.25) is 4.79 Å². The minimum atomic E-state index is -0.436. The Morgan fingerprint density at radius 2 is 2.40 bits per heavy atom. The summed E-state index contributed by atoms with van der Waals surface area (Å²) < 4.78 is 0. The maximum atomic E-state index is 12.2. The molecule has 6 heteroatoms. The fourth-order valence-electron chi connectivity index (χ4n) is 2.53. The van der Waals surface area contributed by atoms with Crippen LogP contribution in [-0.4, -0.2) is 36.0 Å².